The van der Waals surface area contributed by atoms with Gasteiger partial charge in [-0.1, -0.05) is 35.5 Å². The standard InChI is InChI=1S/C17H15F3N4O/c1-24-14-8-7-12(10-13(14)22-23-24)16(25)21-15(17(18,19)20)9-11-5-3-2-4-6-11/h2-8,10,15H,9H2,1H3,(H,21,25). The van der Waals surface area contributed by atoms with Gasteiger partial charge >= 0.3 is 6.18 Å². The maximum absolute atomic E-state index is 13.3. The van der Waals surface area contributed by atoms with Crippen molar-refractivity contribution in [3.8, 4) is 0 Å². The summed E-state index contributed by atoms with van der Waals surface area (Å²) >= 11 is 0. The minimum atomic E-state index is -4.55. The van der Waals surface area contributed by atoms with Crippen LogP contribution >= 0.6 is 0 Å². The highest BCUT2D eigenvalue weighted by Crippen LogP contribution is 2.24. The summed E-state index contributed by atoms with van der Waals surface area (Å²) in [6.07, 6.45) is -4.88. The maximum Gasteiger partial charge on any atom is 0.408 e. The average molecular weight is 348 g/mol. The Bertz CT molecular complexity index is 890. The molecule has 1 heterocycles. The quantitative estimate of drug-likeness (QED) is 0.789. The van der Waals surface area contributed by atoms with Crippen molar-refractivity contribution in [2.45, 2.75) is 18.6 Å². The minimum absolute atomic E-state index is 0.107. The van der Waals surface area contributed by atoms with Gasteiger partial charge in [-0.25, -0.2) is 4.68 Å². The van der Waals surface area contributed by atoms with Crippen LogP contribution in [-0.2, 0) is 13.5 Å². The van der Waals surface area contributed by atoms with E-state index >= 15 is 0 Å². The Hall–Kier alpha value is -2.90. The number of hydrogen-bond acceptors (Lipinski definition) is 3. The van der Waals surface area contributed by atoms with E-state index in [1.807, 2.05) is 0 Å². The lowest BCUT2D eigenvalue weighted by Gasteiger charge is -2.22. The van der Waals surface area contributed by atoms with Crippen molar-refractivity contribution < 1.29 is 18.0 Å². The van der Waals surface area contributed by atoms with Crippen LogP contribution in [-0.4, -0.2) is 33.1 Å². The first-order valence-electron chi connectivity index (χ1n) is 7.55. The van der Waals surface area contributed by atoms with Crippen molar-refractivity contribution in [3.05, 3.63) is 59.7 Å². The van der Waals surface area contributed by atoms with Gasteiger partial charge in [0.05, 0.1) is 5.52 Å². The molecule has 25 heavy (non-hydrogen) atoms. The second-order valence-corrected chi connectivity index (χ2v) is 5.67. The molecule has 2 aromatic carbocycles. The van der Waals surface area contributed by atoms with E-state index in [0.717, 1.165) is 0 Å². The highest BCUT2D eigenvalue weighted by molar-refractivity contribution is 5.97. The second kappa shape index (κ2) is 6.54. The predicted octanol–water partition coefficient (Wildman–Crippen LogP) is 2.87. The van der Waals surface area contributed by atoms with Crippen molar-refractivity contribution in [3.63, 3.8) is 0 Å². The zero-order chi connectivity index (χ0) is 18.0. The van der Waals surface area contributed by atoms with E-state index in [0.29, 0.717) is 16.6 Å². The molecule has 8 heteroatoms. The summed E-state index contributed by atoms with van der Waals surface area (Å²) in [5.41, 5.74) is 1.74. The molecule has 1 unspecified atom stereocenters. The van der Waals surface area contributed by atoms with E-state index in [4.69, 9.17) is 0 Å². The van der Waals surface area contributed by atoms with E-state index < -0.39 is 18.1 Å². The Morgan fingerprint density at radius 3 is 2.60 bits per heavy atom. The third-order valence-corrected chi connectivity index (χ3v) is 3.86. The fourth-order valence-electron chi connectivity index (χ4n) is 2.52. The number of hydrogen-bond donors (Lipinski definition) is 1. The topological polar surface area (TPSA) is 59.8 Å². The molecule has 1 N–H and O–H groups in total. The number of nitrogens with zero attached hydrogens (tertiary/aromatic N) is 3. The zero-order valence-electron chi connectivity index (χ0n) is 13.3. The Labute approximate surface area is 141 Å². The summed E-state index contributed by atoms with van der Waals surface area (Å²) in [6, 6.07) is 10.7. The van der Waals surface area contributed by atoms with Crippen LogP contribution in [0.25, 0.3) is 11.0 Å². The minimum Gasteiger partial charge on any atom is -0.340 e. The molecule has 0 aliphatic heterocycles. The zero-order valence-corrected chi connectivity index (χ0v) is 13.3. The number of aryl methyl sites for hydroxylation is 1. The molecule has 1 aromatic heterocycles. The van der Waals surface area contributed by atoms with Crippen LogP contribution < -0.4 is 5.32 Å². The Morgan fingerprint density at radius 1 is 1.20 bits per heavy atom. The normalized spacial score (nSPS) is 13.0. The summed E-state index contributed by atoms with van der Waals surface area (Å²) in [6.45, 7) is 0. The smallest absolute Gasteiger partial charge is 0.340 e. The van der Waals surface area contributed by atoms with E-state index in [1.165, 1.54) is 16.8 Å². The molecular formula is C17H15F3N4O. The highest BCUT2D eigenvalue weighted by atomic mass is 19.4. The number of rotatable bonds is 4. The fraction of sp³-hybridized carbons (Fsp3) is 0.235. The van der Waals surface area contributed by atoms with Gasteiger partial charge in [0.25, 0.3) is 5.91 Å². The molecule has 1 atom stereocenters. The molecule has 0 bridgehead atoms. The van der Waals surface area contributed by atoms with Gasteiger partial charge in [-0.2, -0.15) is 13.2 Å². The number of amides is 1. The first-order valence-corrected chi connectivity index (χ1v) is 7.55. The van der Waals surface area contributed by atoms with Gasteiger partial charge < -0.3 is 5.32 Å². The number of benzene rings is 2. The largest absolute Gasteiger partial charge is 0.408 e. The van der Waals surface area contributed by atoms with Gasteiger partial charge in [0, 0.05) is 19.0 Å². The molecule has 0 aliphatic rings. The van der Waals surface area contributed by atoms with Crippen LogP contribution in [0.15, 0.2) is 48.5 Å². The molecular weight excluding hydrogens is 333 g/mol. The number of nitrogens with one attached hydrogen (secondary N) is 1. The Morgan fingerprint density at radius 2 is 1.92 bits per heavy atom. The molecule has 3 aromatic rings. The lowest BCUT2D eigenvalue weighted by molar-refractivity contribution is -0.153. The van der Waals surface area contributed by atoms with Crippen molar-refractivity contribution >= 4 is 16.9 Å². The third kappa shape index (κ3) is 3.78. The number of halogens is 3. The van der Waals surface area contributed by atoms with Crippen LogP contribution in [0, 0.1) is 0 Å². The SMILES string of the molecule is Cn1nnc2cc(C(=O)NC(Cc3ccccc3)C(F)(F)F)ccc21. The van der Waals surface area contributed by atoms with E-state index in [1.54, 1.807) is 43.4 Å². The average Bonchev–Trinajstić information content (AvgIpc) is 2.95. The first-order chi connectivity index (χ1) is 11.8. The molecule has 5 nitrogen and oxygen atoms in total. The van der Waals surface area contributed by atoms with Crippen LogP contribution in [0.5, 0.6) is 0 Å². The van der Waals surface area contributed by atoms with E-state index in [2.05, 4.69) is 15.6 Å². The predicted molar refractivity (Wildman–Crippen MR) is 86.0 cm³/mol. The number of fused-ring (bicyclic) bond motifs is 1. The number of carbonyl (C=O) groups is 1. The molecule has 0 saturated carbocycles. The number of alkyl halides is 3. The van der Waals surface area contributed by atoms with E-state index in [9.17, 15) is 18.0 Å². The summed E-state index contributed by atoms with van der Waals surface area (Å²) in [7, 11) is 1.69. The molecule has 0 fully saturated rings. The van der Waals surface area contributed by atoms with Gasteiger partial charge in [-0.15, -0.1) is 5.10 Å². The van der Waals surface area contributed by atoms with Crippen LogP contribution in [0.3, 0.4) is 0 Å². The van der Waals surface area contributed by atoms with Gasteiger partial charge in [0.1, 0.15) is 11.6 Å². The fourth-order valence-corrected chi connectivity index (χ4v) is 2.52. The van der Waals surface area contributed by atoms with Gasteiger partial charge in [-0.3, -0.25) is 4.79 Å². The summed E-state index contributed by atoms with van der Waals surface area (Å²) < 4.78 is 41.4. The molecule has 0 spiro atoms. The Balaban J connectivity index is 1.81. The van der Waals surface area contributed by atoms with Crippen LogP contribution in [0.1, 0.15) is 15.9 Å². The van der Waals surface area contributed by atoms with Gasteiger partial charge in [-0.05, 0) is 23.8 Å². The van der Waals surface area contributed by atoms with E-state index in [-0.39, 0.29) is 12.0 Å². The second-order valence-electron chi connectivity index (χ2n) is 5.67. The van der Waals surface area contributed by atoms with Crippen molar-refractivity contribution in [2.75, 3.05) is 0 Å². The molecule has 0 saturated heterocycles. The van der Waals surface area contributed by atoms with Gasteiger partial charge in [0.2, 0.25) is 0 Å². The number of carbonyl (C=O) groups excluding carboxylic acids is 1. The van der Waals surface area contributed by atoms with Crippen molar-refractivity contribution in [2.24, 2.45) is 7.05 Å². The summed E-state index contributed by atoms with van der Waals surface area (Å²) in [5, 5.41) is 9.75. The molecule has 1 amide bonds. The van der Waals surface area contributed by atoms with Crippen LogP contribution in [0.2, 0.25) is 0 Å². The lowest BCUT2D eigenvalue weighted by Crippen LogP contribution is -2.46. The van der Waals surface area contributed by atoms with Crippen molar-refractivity contribution in [1.82, 2.24) is 20.3 Å². The Kier molecular flexibility index (Phi) is 4.43. The molecule has 3 rings (SSSR count). The first kappa shape index (κ1) is 16.9. The van der Waals surface area contributed by atoms with Crippen LogP contribution in [0.4, 0.5) is 13.2 Å². The van der Waals surface area contributed by atoms with Crippen molar-refractivity contribution in [1.29, 1.82) is 0 Å². The maximum atomic E-state index is 13.3. The molecule has 0 aliphatic carbocycles. The lowest BCUT2D eigenvalue weighted by atomic mass is 10.0. The third-order valence-electron chi connectivity index (χ3n) is 3.86. The highest BCUT2D eigenvalue weighted by Gasteiger charge is 2.40. The number of aromatic nitrogens is 3. The monoisotopic (exact) mass is 348 g/mol. The molecule has 0 radical (unpaired) electrons. The van der Waals surface area contributed by atoms with Gasteiger partial charge in [0.15, 0.2) is 0 Å². The summed E-state index contributed by atoms with van der Waals surface area (Å²) in [5.74, 6) is -0.800. The summed E-state index contributed by atoms with van der Waals surface area (Å²) in [4.78, 5) is 12.3. The molecule has 130 valence electrons.